The molecule has 7 nitrogen and oxygen atoms in total. The first kappa shape index (κ1) is 22.6. The highest BCUT2D eigenvalue weighted by atomic mass is 35.5. The van der Waals surface area contributed by atoms with Crippen LogP contribution in [-0.4, -0.2) is 20.9 Å². The molecule has 0 radical (unpaired) electrons. The fourth-order valence-corrected chi connectivity index (χ4v) is 4.17. The summed E-state index contributed by atoms with van der Waals surface area (Å²) < 4.78 is 33.2. The number of nitrogen functional groups attached to an aromatic ring is 1. The van der Waals surface area contributed by atoms with Crippen molar-refractivity contribution in [1.29, 1.82) is 0 Å². The van der Waals surface area contributed by atoms with Crippen molar-refractivity contribution >= 4 is 33.2 Å². The van der Waals surface area contributed by atoms with Crippen molar-refractivity contribution in [2.24, 2.45) is 5.73 Å². The SMILES string of the molecule is CCCNS(=O)(=O)c1cccc(Oc2cc(-c3ccc(Cl)cc3)cc(C(N)=O)c2N)c1. The van der Waals surface area contributed by atoms with E-state index in [1.54, 1.807) is 48.5 Å². The molecule has 3 aromatic carbocycles. The number of anilines is 1. The molecule has 0 aliphatic rings. The predicted octanol–water partition coefficient (Wildman–Crippen LogP) is 4.17. The van der Waals surface area contributed by atoms with E-state index in [1.807, 2.05) is 6.92 Å². The van der Waals surface area contributed by atoms with Crippen molar-refractivity contribution < 1.29 is 17.9 Å². The van der Waals surface area contributed by atoms with Crippen LogP contribution in [0.2, 0.25) is 5.02 Å². The Morgan fingerprint density at radius 1 is 1.06 bits per heavy atom. The molecule has 5 N–H and O–H groups in total. The van der Waals surface area contributed by atoms with Crippen molar-refractivity contribution in [1.82, 2.24) is 4.72 Å². The second kappa shape index (κ2) is 9.38. The van der Waals surface area contributed by atoms with Crippen molar-refractivity contribution in [3.63, 3.8) is 0 Å². The number of nitrogens with two attached hydrogens (primary N) is 2. The zero-order chi connectivity index (χ0) is 22.6. The van der Waals surface area contributed by atoms with E-state index in [9.17, 15) is 13.2 Å². The van der Waals surface area contributed by atoms with Gasteiger partial charge in [0.15, 0.2) is 5.75 Å². The lowest BCUT2D eigenvalue weighted by atomic mass is 10.0. The molecule has 0 spiro atoms. The Bertz CT molecular complexity index is 1210. The molecule has 3 aromatic rings. The summed E-state index contributed by atoms with van der Waals surface area (Å²) in [6, 6.07) is 16.2. The van der Waals surface area contributed by atoms with Crippen LogP contribution in [0.4, 0.5) is 5.69 Å². The lowest BCUT2D eigenvalue weighted by Crippen LogP contribution is -2.24. The van der Waals surface area contributed by atoms with Crippen LogP contribution in [0.5, 0.6) is 11.5 Å². The summed E-state index contributed by atoms with van der Waals surface area (Å²) in [5.41, 5.74) is 13.2. The van der Waals surface area contributed by atoms with Crippen molar-refractivity contribution in [3.8, 4) is 22.6 Å². The second-order valence-corrected chi connectivity index (χ2v) is 8.98. The lowest BCUT2D eigenvalue weighted by Gasteiger charge is -2.14. The summed E-state index contributed by atoms with van der Waals surface area (Å²) in [6.45, 7) is 2.19. The number of primary amides is 1. The Morgan fingerprint density at radius 2 is 1.77 bits per heavy atom. The van der Waals surface area contributed by atoms with E-state index >= 15 is 0 Å². The van der Waals surface area contributed by atoms with E-state index in [-0.39, 0.29) is 27.6 Å². The van der Waals surface area contributed by atoms with Gasteiger partial charge in [-0.2, -0.15) is 0 Å². The van der Waals surface area contributed by atoms with Crippen LogP contribution in [0.25, 0.3) is 11.1 Å². The highest BCUT2D eigenvalue weighted by molar-refractivity contribution is 7.89. The van der Waals surface area contributed by atoms with Crippen LogP contribution < -0.4 is 20.9 Å². The summed E-state index contributed by atoms with van der Waals surface area (Å²) in [5, 5.41) is 0.570. The molecule has 3 rings (SSSR count). The van der Waals surface area contributed by atoms with E-state index in [2.05, 4.69) is 4.72 Å². The highest BCUT2D eigenvalue weighted by Gasteiger charge is 2.17. The van der Waals surface area contributed by atoms with Crippen LogP contribution in [0, 0.1) is 0 Å². The monoisotopic (exact) mass is 459 g/mol. The smallest absolute Gasteiger partial charge is 0.250 e. The molecular weight excluding hydrogens is 438 g/mol. The molecule has 1 amide bonds. The van der Waals surface area contributed by atoms with Gasteiger partial charge >= 0.3 is 0 Å². The zero-order valence-corrected chi connectivity index (χ0v) is 18.3. The lowest BCUT2D eigenvalue weighted by molar-refractivity contribution is 0.100. The minimum Gasteiger partial charge on any atom is -0.455 e. The Hall–Kier alpha value is -3.07. The predicted molar refractivity (Wildman–Crippen MR) is 122 cm³/mol. The van der Waals surface area contributed by atoms with Gasteiger partial charge in [0.1, 0.15) is 5.75 Å². The number of amides is 1. The second-order valence-electron chi connectivity index (χ2n) is 6.78. The van der Waals surface area contributed by atoms with Crippen molar-refractivity contribution in [2.75, 3.05) is 12.3 Å². The van der Waals surface area contributed by atoms with Crippen LogP contribution in [-0.2, 0) is 10.0 Å². The van der Waals surface area contributed by atoms with E-state index in [0.29, 0.717) is 23.6 Å². The van der Waals surface area contributed by atoms with Crippen LogP contribution in [0.1, 0.15) is 23.7 Å². The Balaban J connectivity index is 2.02. The molecule has 0 fully saturated rings. The molecule has 0 saturated carbocycles. The molecule has 0 atom stereocenters. The molecule has 0 unspecified atom stereocenters. The molecule has 31 heavy (non-hydrogen) atoms. The average molecular weight is 460 g/mol. The number of hydrogen-bond donors (Lipinski definition) is 3. The number of carbonyl (C=O) groups is 1. The number of sulfonamides is 1. The normalized spacial score (nSPS) is 11.3. The maximum absolute atomic E-state index is 12.4. The molecular formula is C22H22ClN3O4S. The third-order valence-corrected chi connectivity index (χ3v) is 6.18. The van der Waals surface area contributed by atoms with Crippen molar-refractivity contribution in [3.05, 3.63) is 71.2 Å². The summed E-state index contributed by atoms with van der Waals surface area (Å²) in [4.78, 5) is 12.0. The Morgan fingerprint density at radius 3 is 2.42 bits per heavy atom. The van der Waals surface area contributed by atoms with Gasteiger partial charge in [0, 0.05) is 17.6 Å². The van der Waals surface area contributed by atoms with Gasteiger partial charge in [-0.1, -0.05) is 36.7 Å². The average Bonchev–Trinajstić information content (AvgIpc) is 2.74. The molecule has 0 heterocycles. The third-order valence-electron chi connectivity index (χ3n) is 4.47. The molecule has 0 aromatic heterocycles. The first-order valence-electron chi connectivity index (χ1n) is 9.48. The van der Waals surface area contributed by atoms with E-state index < -0.39 is 15.9 Å². The zero-order valence-electron chi connectivity index (χ0n) is 16.8. The Labute approximate surface area is 186 Å². The van der Waals surface area contributed by atoms with Gasteiger partial charge in [-0.05, 0) is 53.9 Å². The van der Waals surface area contributed by atoms with Gasteiger partial charge < -0.3 is 16.2 Å². The summed E-state index contributed by atoms with van der Waals surface area (Å²) in [5.74, 6) is -0.287. The first-order chi connectivity index (χ1) is 14.7. The highest BCUT2D eigenvalue weighted by Crippen LogP contribution is 2.36. The van der Waals surface area contributed by atoms with Gasteiger partial charge in [0.2, 0.25) is 10.0 Å². The summed E-state index contributed by atoms with van der Waals surface area (Å²) in [6.07, 6.45) is 0.666. The number of hydrogen-bond acceptors (Lipinski definition) is 5. The molecule has 0 aliphatic heterocycles. The van der Waals surface area contributed by atoms with E-state index in [4.69, 9.17) is 27.8 Å². The largest absolute Gasteiger partial charge is 0.455 e. The number of halogens is 1. The number of nitrogens with one attached hydrogen (secondary N) is 1. The first-order valence-corrected chi connectivity index (χ1v) is 11.3. The van der Waals surface area contributed by atoms with Gasteiger partial charge in [-0.25, -0.2) is 13.1 Å². The van der Waals surface area contributed by atoms with Crippen LogP contribution in [0.15, 0.2) is 65.6 Å². The van der Waals surface area contributed by atoms with Gasteiger partial charge in [-0.15, -0.1) is 0 Å². The molecule has 0 bridgehead atoms. The number of carbonyl (C=O) groups excluding carboxylic acids is 1. The van der Waals surface area contributed by atoms with Crippen LogP contribution in [0.3, 0.4) is 0 Å². The molecule has 162 valence electrons. The minimum atomic E-state index is -3.67. The minimum absolute atomic E-state index is 0.0565. The molecule has 0 saturated heterocycles. The summed E-state index contributed by atoms with van der Waals surface area (Å²) >= 11 is 5.95. The van der Waals surface area contributed by atoms with Crippen LogP contribution >= 0.6 is 11.6 Å². The summed E-state index contributed by atoms with van der Waals surface area (Å²) in [7, 11) is -3.67. The number of ether oxygens (including phenoxy) is 1. The number of benzene rings is 3. The molecule has 9 heteroatoms. The van der Waals surface area contributed by atoms with Gasteiger partial charge in [-0.3, -0.25) is 4.79 Å². The van der Waals surface area contributed by atoms with Crippen molar-refractivity contribution in [2.45, 2.75) is 18.2 Å². The topological polar surface area (TPSA) is 125 Å². The van der Waals surface area contributed by atoms with E-state index in [0.717, 1.165) is 5.56 Å². The fourth-order valence-electron chi connectivity index (χ4n) is 2.88. The standard InChI is InChI=1S/C22H22ClN3O4S/c1-2-10-26-31(28,29)18-5-3-4-17(13-18)30-20-12-15(11-19(21(20)24)22(25)27)14-6-8-16(23)9-7-14/h3-9,11-13,26H,2,10,24H2,1H3,(H2,25,27). The van der Waals surface area contributed by atoms with Gasteiger partial charge in [0.05, 0.1) is 16.1 Å². The maximum Gasteiger partial charge on any atom is 0.250 e. The fraction of sp³-hybridized carbons (Fsp3) is 0.136. The molecule has 0 aliphatic carbocycles. The maximum atomic E-state index is 12.4. The number of rotatable bonds is 8. The van der Waals surface area contributed by atoms with Gasteiger partial charge in [0.25, 0.3) is 5.91 Å². The third kappa shape index (κ3) is 5.35. The quantitative estimate of drug-likeness (QED) is 0.436. The Kier molecular flexibility index (Phi) is 6.84. The van der Waals surface area contributed by atoms with E-state index in [1.165, 1.54) is 12.1 Å².